The molecule has 0 aliphatic carbocycles. The normalized spacial score (nSPS) is 23.3. The Morgan fingerprint density at radius 1 is 1.39 bits per heavy atom. The van der Waals surface area contributed by atoms with Crippen LogP contribution in [0, 0.1) is 11.3 Å². The van der Waals surface area contributed by atoms with Crippen LogP contribution in [0.5, 0.6) is 0 Å². The maximum Gasteiger partial charge on any atom is 0.150 e. The molecule has 0 spiro atoms. The van der Waals surface area contributed by atoms with E-state index in [0.717, 1.165) is 5.76 Å². The molecule has 2 heterocycles. The highest BCUT2D eigenvalue weighted by Crippen LogP contribution is 2.41. The molecule has 0 saturated carbocycles. The molecule has 2 rings (SSSR count). The van der Waals surface area contributed by atoms with Gasteiger partial charge in [-0.05, 0) is 24.5 Å². The quantitative estimate of drug-likeness (QED) is 0.786. The van der Waals surface area contributed by atoms with Gasteiger partial charge < -0.3 is 4.42 Å². The number of furan rings is 1. The Hall–Kier alpha value is -0.190. The maximum atomic E-state index is 11.6. The molecule has 0 bridgehead atoms. The van der Waals surface area contributed by atoms with Crippen LogP contribution in [0.25, 0.3) is 0 Å². The fourth-order valence-electron chi connectivity index (χ4n) is 2.53. The van der Waals surface area contributed by atoms with Crippen molar-refractivity contribution in [1.82, 2.24) is 0 Å². The Kier molecular flexibility index (Phi) is 4.29. The molecular weight excluding hydrogens is 295 g/mol. The van der Waals surface area contributed by atoms with Crippen LogP contribution in [-0.4, -0.2) is 31.7 Å². The summed E-state index contributed by atoms with van der Waals surface area (Å²) in [6, 6.07) is 3.69. The molecule has 1 aromatic rings. The molecule has 0 aromatic carbocycles. The number of sulfone groups is 1. The van der Waals surface area contributed by atoms with Crippen molar-refractivity contribution in [3.8, 4) is 0 Å². The highest BCUT2D eigenvalue weighted by atomic mass is 35.5. The average molecular weight is 311 g/mol. The third kappa shape index (κ3) is 2.86. The molecule has 3 nitrogen and oxygen atoms in total. The third-order valence-electron chi connectivity index (χ3n) is 3.74. The van der Waals surface area contributed by atoms with Crippen LogP contribution in [0.1, 0.15) is 12.2 Å². The van der Waals surface area contributed by atoms with Gasteiger partial charge in [-0.25, -0.2) is 8.42 Å². The van der Waals surface area contributed by atoms with Crippen LogP contribution in [0.15, 0.2) is 22.8 Å². The standard InChI is InChI=1S/C12H16Cl2O3S/c13-8-12(9-14,6-11-2-1-4-17-11)10-3-5-18(15,16)7-10/h1-2,4,10H,3,5-9H2. The topological polar surface area (TPSA) is 47.3 Å². The monoisotopic (exact) mass is 310 g/mol. The van der Waals surface area contributed by atoms with Gasteiger partial charge in [0.2, 0.25) is 0 Å². The van der Waals surface area contributed by atoms with Crippen LogP contribution in [0.3, 0.4) is 0 Å². The van der Waals surface area contributed by atoms with E-state index in [1.807, 2.05) is 12.1 Å². The van der Waals surface area contributed by atoms with E-state index in [-0.39, 0.29) is 17.4 Å². The van der Waals surface area contributed by atoms with Crippen molar-refractivity contribution < 1.29 is 12.8 Å². The molecule has 1 saturated heterocycles. The molecular formula is C12H16Cl2O3S. The molecule has 1 aromatic heterocycles. The largest absolute Gasteiger partial charge is 0.469 e. The summed E-state index contributed by atoms with van der Waals surface area (Å²) in [6.07, 6.45) is 2.84. The summed E-state index contributed by atoms with van der Waals surface area (Å²) in [5.41, 5.74) is -0.398. The second-order valence-electron chi connectivity index (χ2n) is 4.99. The summed E-state index contributed by atoms with van der Waals surface area (Å²) in [7, 11) is -2.93. The highest BCUT2D eigenvalue weighted by Gasteiger charge is 2.44. The van der Waals surface area contributed by atoms with Gasteiger partial charge in [0.15, 0.2) is 9.84 Å². The summed E-state index contributed by atoms with van der Waals surface area (Å²) >= 11 is 12.2. The summed E-state index contributed by atoms with van der Waals surface area (Å²) in [6.45, 7) is 0. The van der Waals surface area contributed by atoms with Crippen molar-refractivity contribution in [2.24, 2.45) is 11.3 Å². The Morgan fingerprint density at radius 3 is 2.56 bits per heavy atom. The van der Waals surface area contributed by atoms with Crippen molar-refractivity contribution in [3.05, 3.63) is 24.2 Å². The third-order valence-corrected chi connectivity index (χ3v) is 6.57. The fourth-order valence-corrected chi connectivity index (χ4v) is 5.39. The van der Waals surface area contributed by atoms with Crippen molar-refractivity contribution in [2.75, 3.05) is 23.3 Å². The lowest BCUT2D eigenvalue weighted by atomic mass is 9.75. The Bertz CT molecular complexity index is 477. The van der Waals surface area contributed by atoms with Crippen molar-refractivity contribution in [2.45, 2.75) is 12.8 Å². The second-order valence-corrected chi connectivity index (χ2v) is 7.75. The number of alkyl halides is 2. The molecule has 6 heteroatoms. The molecule has 0 amide bonds. The molecule has 1 fully saturated rings. The Labute approximate surface area is 117 Å². The first-order chi connectivity index (χ1) is 8.51. The zero-order valence-electron chi connectivity index (χ0n) is 9.94. The van der Waals surface area contributed by atoms with E-state index in [1.54, 1.807) is 6.26 Å². The Morgan fingerprint density at radius 2 is 2.11 bits per heavy atom. The van der Waals surface area contributed by atoms with E-state index in [0.29, 0.717) is 24.6 Å². The van der Waals surface area contributed by atoms with Crippen LogP contribution >= 0.6 is 23.2 Å². The summed E-state index contributed by atoms with van der Waals surface area (Å²) in [4.78, 5) is 0. The predicted octanol–water partition coefficient (Wildman–Crippen LogP) is 2.72. The molecule has 1 atom stereocenters. The lowest BCUT2D eigenvalue weighted by Gasteiger charge is -2.34. The molecule has 1 aliphatic rings. The van der Waals surface area contributed by atoms with Gasteiger partial charge >= 0.3 is 0 Å². The average Bonchev–Trinajstić information content (AvgIpc) is 2.95. The van der Waals surface area contributed by atoms with Gasteiger partial charge in [-0.2, -0.15) is 0 Å². The smallest absolute Gasteiger partial charge is 0.150 e. The first kappa shape index (κ1) is 14.2. The van der Waals surface area contributed by atoms with Crippen molar-refractivity contribution in [3.63, 3.8) is 0 Å². The first-order valence-corrected chi connectivity index (χ1v) is 8.75. The molecule has 0 radical (unpaired) electrons. The minimum atomic E-state index is -2.93. The lowest BCUT2D eigenvalue weighted by Crippen LogP contribution is -2.37. The van der Waals surface area contributed by atoms with E-state index < -0.39 is 15.3 Å². The van der Waals surface area contributed by atoms with E-state index in [1.165, 1.54) is 0 Å². The maximum absolute atomic E-state index is 11.6. The molecule has 1 unspecified atom stereocenters. The minimum absolute atomic E-state index is 0.0163. The van der Waals surface area contributed by atoms with Gasteiger partial charge in [0.25, 0.3) is 0 Å². The van der Waals surface area contributed by atoms with E-state index in [4.69, 9.17) is 27.6 Å². The number of halogens is 2. The zero-order valence-corrected chi connectivity index (χ0v) is 12.3. The van der Waals surface area contributed by atoms with E-state index >= 15 is 0 Å². The van der Waals surface area contributed by atoms with Gasteiger partial charge in [0.1, 0.15) is 5.76 Å². The predicted molar refractivity (Wildman–Crippen MR) is 73.0 cm³/mol. The minimum Gasteiger partial charge on any atom is -0.469 e. The number of hydrogen-bond acceptors (Lipinski definition) is 3. The van der Waals surface area contributed by atoms with Gasteiger partial charge in [-0.15, -0.1) is 23.2 Å². The van der Waals surface area contributed by atoms with Crippen LogP contribution in [0.2, 0.25) is 0 Å². The van der Waals surface area contributed by atoms with Gasteiger partial charge in [-0.1, -0.05) is 0 Å². The number of hydrogen-bond donors (Lipinski definition) is 0. The lowest BCUT2D eigenvalue weighted by molar-refractivity contribution is 0.229. The van der Waals surface area contributed by atoms with Gasteiger partial charge in [0.05, 0.1) is 17.8 Å². The van der Waals surface area contributed by atoms with Crippen LogP contribution in [-0.2, 0) is 16.3 Å². The summed E-state index contributed by atoms with van der Waals surface area (Å²) < 4.78 is 28.6. The van der Waals surface area contributed by atoms with Crippen LogP contribution in [0.4, 0.5) is 0 Å². The van der Waals surface area contributed by atoms with Gasteiger partial charge in [0, 0.05) is 23.6 Å². The molecule has 1 aliphatic heterocycles. The fraction of sp³-hybridized carbons (Fsp3) is 0.667. The van der Waals surface area contributed by atoms with E-state index in [9.17, 15) is 8.42 Å². The Balaban J connectivity index is 2.21. The van der Waals surface area contributed by atoms with Crippen molar-refractivity contribution >= 4 is 33.0 Å². The summed E-state index contributed by atoms with van der Waals surface area (Å²) in [5.74, 6) is 1.94. The molecule has 102 valence electrons. The van der Waals surface area contributed by atoms with E-state index in [2.05, 4.69) is 0 Å². The highest BCUT2D eigenvalue weighted by molar-refractivity contribution is 7.91. The molecule has 0 N–H and O–H groups in total. The zero-order chi connectivity index (χ0) is 13.2. The first-order valence-electron chi connectivity index (χ1n) is 5.86. The number of rotatable bonds is 5. The van der Waals surface area contributed by atoms with Crippen molar-refractivity contribution in [1.29, 1.82) is 0 Å². The van der Waals surface area contributed by atoms with Crippen LogP contribution < -0.4 is 0 Å². The SMILES string of the molecule is O=S1(=O)CCC(C(CCl)(CCl)Cc2ccco2)C1. The van der Waals surface area contributed by atoms with Gasteiger partial charge in [-0.3, -0.25) is 0 Å². The summed E-state index contributed by atoms with van der Waals surface area (Å²) in [5, 5.41) is 0. The molecule has 18 heavy (non-hydrogen) atoms. The second kappa shape index (κ2) is 5.43.